The molecule has 6 nitrogen and oxygen atoms in total. The molecule has 1 heterocycles. The monoisotopic (exact) mass is 319 g/mol. The van der Waals surface area contributed by atoms with E-state index in [1.807, 2.05) is 19.1 Å². The highest BCUT2D eigenvalue weighted by atomic mass is 32.2. The zero-order valence-electron chi connectivity index (χ0n) is 12.5. The van der Waals surface area contributed by atoms with Gasteiger partial charge in [0.15, 0.2) is 5.82 Å². The van der Waals surface area contributed by atoms with Crippen LogP contribution in [0.2, 0.25) is 0 Å². The highest BCUT2D eigenvalue weighted by Crippen LogP contribution is 2.25. The third-order valence-electron chi connectivity index (χ3n) is 2.74. The third-order valence-corrected chi connectivity index (χ3v) is 3.85. The maximum atomic E-state index is 12.1. The summed E-state index contributed by atoms with van der Waals surface area (Å²) in [5.41, 5.74) is 0.729. The van der Waals surface area contributed by atoms with Crippen molar-refractivity contribution < 1.29 is 14.1 Å². The van der Waals surface area contributed by atoms with Gasteiger partial charge in [0.2, 0.25) is 11.8 Å². The molecule has 0 spiro atoms. The third kappa shape index (κ3) is 4.63. The van der Waals surface area contributed by atoms with Crippen molar-refractivity contribution in [3.05, 3.63) is 36.1 Å². The van der Waals surface area contributed by atoms with Gasteiger partial charge in [0, 0.05) is 23.6 Å². The minimum atomic E-state index is -0.288. The maximum Gasteiger partial charge on any atom is 0.238 e. The van der Waals surface area contributed by atoms with E-state index in [0.717, 1.165) is 10.6 Å². The van der Waals surface area contributed by atoms with Crippen molar-refractivity contribution in [1.29, 1.82) is 0 Å². The van der Waals surface area contributed by atoms with Crippen LogP contribution in [0.15, 0.2) is 39.8 Å². The van der Waals surface area contributed by atoms with E-state index in [4.69, 9.17) is 4.52 Å². The Morgan fingerprint density at radius 2 is 1.91 bits per heavy atom. The van der Waals surface area contributed by atoms with Gasteiger partial charge in [-0.2, -0.15) is 0 Å². The van der Waals surface area contributed by atoms with E-state index < -0.39 is 0 Å². The Bertz CT molecular complexity index is 667. The first-order valence-electron chi connectivity index (χ1n) is 6.72. The van der Waals surface area contributed by atoms with Gasteiger partial charge < -0.3 is 15.2 Å². The molecule has 0 aliphatic rings. The van der Waals surface area contributed by atoms with E-state index in [1.54, 1.807) is 25.1 Å². The topological polar surface area (TPSA) is 84.2 Å². The lowest BCUT2D eigenvalue weighted by Crippen LogP contribution is -2.22. The predicted octanol–water partition coefficient (Wildman–Crippen LogP) is 3.06. The summed E-state index contributed by atoms with van der Waals surface area (Å²) < 4.78 is 4.90. The van der Waals surface area contributed by atoms with E-state index >= 15 is 0 Å². The van der Waals surface area contributed by atoms with E-state index in [9.17, 15) is 9.59 Å². The van der Waals surface area contributed by atoms with Crippen LogP contribution in [0.4, 0.5) is 11.5 Å². The van der Waals surface area contributed by atoms with E-state index in [-0.39, 0.29) is 17.1 Å². The summed E-state index contributed by atoms with van der Waals surface area (Å²) in [6.45, 7) is 5.03. The molecule has 0 aliphatic carbocycles. The molecule has 22 heavy (non-hydrogen) atoms. The normalized spacial score (nSPS) is 11.8. The van der Waals surface area contributed by atoms with Crippen molar-refractivity contribution in [3.8, 4) is 0 Å². The molecular weight excluding hydrogens is 302 g/mol. The summed E-state index contributed by atoms with van der Waals surface area (Å²) in [7, 11) is 0. The van der Waals surface area contributed by atoms with Crippen LogP contribution in [0, 0.1) is 6.92 Å². The van der Waals surface area contributed by atoms with E-state index in [0.29, 0.717) is 11.6 Å². The molecule has 1 aromatic carbocycles. The SMILES string of the molecule is CC(=O)Nc1ccc(SC(C)C(=O)Nc2cc(C)on2)cc1. The Morgan fingerprint density at radius 1 is 1.23 bits per heavy atom. The molecule has 7 heteroatoms. The Balaban J connectivity index is 1.91. The summed E-state index contributed by atoms with van der Waals surface area (Å²) in [6, 6.07) is 8.99. The fourth-order valence-corrected chi connectivity index (χ4v) is 2.60. The van der Waals surface area contributed by atoms with Gasteiger partial charge in [0.25, 0.3) is 0 Å². The molecule has 0 saturated heterocycles. The first kappa shape index (κ1) is 16.1. The quantitative estimate of drug-likeness (QED) is 0.827. The van der Waals surface area contributed by atoms with Gasteiger partial charge in [0.1, 0.15) is 5.76 Å². The Hall–Kier alpha value is -2.28. The van der Waals surface area contributed by atoms with Crippen LogP contribution >= 0.6 is 11.8 Å². The molecule has 2 rings (SSSR count). The molecule has 0 bridgehead atoms. The van der Waals surface area contributed by atoms with Crippen LogP contribution in [0.25, 0.3) is 0 Å². The van der Waals surface area contributed by atoms with Gasteiger partial charge in [-0.15, -0.1) is 11.8 Å². The van der Waals surface area contributed by atoms with Crippen LogP contribution in [0.5, 0.6) is 0 Å². The molecule has 1 unspecified atom stereocenters. The van der Waals surface area contributed by atoms with Gasteiger partial charge in [-0.1, -0.05) is 5.16 Å². The van der Waals surface area contributed by atoms with Crippen molar-refractivity contribution in [2.45, 2.75) is 30.9 Å². The number of rotatable bonds is 5. The van der Waals surface area contributed by atoms with Gasteiger partial charge in [-0.25, -0.2) is 0 Å². The Kier molecular flexibility index (Phi) is 5.21. The lowest BCUT2D eigenvalue weighted by Gasteiger charge is -2.11. The van der Waals surface area contributed by atoms with E-state index in [1.165, 1.54) is 18.7 Å². The first-order chi connectivity index (χ1) is 10.4. The number of carbonyl (C=O) groups is 2. The van der Waals surface area contributed by atoms with Crippen molar-refractivity contribution in [3.63, 3.8) is 0 Å². The van der Waals surface area contributed by atoms with Crippen molar-refractivity contribution in [1.82, 2.24) is 5.16 Å². The number of hydrogen-bond acceptors (Lipinski definition) is 5. The smallest absolute Gasteiger partial charge is 0.238 e. The van der Waals surface area contributed by atoms with Crippen LogP contribution in [-0.2, 0) is 9.59 Å². The predicted molar refractivity (Wildman–Crippen MR) is 85.9 cm³/mol. The molecule has 0 aliphatic heterocycles. The average Bonchev–Trinajstić information content (AvgIpc) is 2.85. The second-order valence-corrected chi connectivity index (χ2v) is 6.19. The fraction of sp³-hybridized carbons (Fsp3) is 0.267. The maximum absolute atomic E-state index is 12.1. The van der Waals surface area contributed by atoms with Crippen molar-refractivity contribution in [2.75, 3.05) is 10.6 Å². The van der Waals surface area contributed by atoms with Crippen LogP contribution in [0.1, 0.15) is 19.6 Å². The van der Waals surface area contributed by atoms with Gasteiger partial charge in [-0.05, 0) is 38.1 Å². The molecule has 2 aromatic rings. The molecule has 0 radical (unpaired) electrons. The van der Waals surface area contributed by atoms with Crippen LogP contribution in [-0.4, -0.2) is 22.2 Å². The van der Waals surface area contributed by atoms with Crippen molar-refractivity contribution in [2.24, 2.45) is 0 Å². The Labute approximate surface area is 132 Å². The highest BCUT2D eigenvalue weighted by molar-refractivity contribution is 8.00. The number of thioether (sulfide) groups is 1. The number of amides is 2. The number of nitrogens with one attached hydrogen (secondary N) is 2. The van der Waals surface area contributed by atoms with Gasteiger partial charge in [0.05, 0.1) is 5.25 Å². The molecular formula is C15H17N3O3S. The van der Waals surface area contributed by atoms with Crippen LogP contribution < -0.4 is 10.6 Å². The molecule has 0 fully saturated rings. The number of hydrogen-bond donors (Lipinski definition) is 2. The number of aryl methyl sites for hydroxylation is 1. The van der Waals surface area contributed by atoms with Crippen molar-refractivity contribution >= 4 is 35.1 Å². The minimum Gasteiger partial charge on any atom is -0.360 e. The second kappa shape index (κ2) is 7.13. The summed E-state index contributed by atoms with van der Waals surface area (Å²) in [4.78, 5) is 24.0. The number of anilines is 2. The standard InChI is InChI=1S/C15H17N3O3S/c1-9-8-14(18-21-9)17-15(20)10(2)22-13-6-4-12(5-7-13)16-11(3)19/h4-8,10H,1-3H3,(H,16,19)(H,17,18,20). The largest absolute Gasteiger partial charge is 0.360 e. The number of benzene rings is 1. The summed E-state index contributed by atoms with van der Waals surface area (Å²) in [6.07, 6.45) is 0. The molecule has 1 atom stereocenters. The van der Waals surface area contributed by atoms with Crippen LogP contribution in [0.3, 0.4) is 0 Å². The number of carbonyl (C=O) groups excluding carboxylic acids is 2. The second-order valence-electron chi connectivity index (χ2n) is 4.78. The van der Waals surface area contributed by atoms with E-state index in [2.05, 4.69) is 15.8 Å². The summed E-state index contributed by atoms with van der Waals surface area (Å²) in [5.74, 6) is 0.792. The average molecular weight is 319 g/mol. The molecule has 0 saturated carbocycles. The first-order valence-corrected chi connectivity index (χ1v) is 7.60. The summed E-state index contributed by atoms with van der Waals surface area (Å²) >= 11 is 1.42. The summed E-state index contributed by atoms with van der Waals surface area (Å²) in [5, 5.41) is 8.84. The van der Waals surface area contributed by atoms with Gasteiger partial charge >= 0.3 is 0 Å². The molecule has 2 N–H and O–H groups in total. The molecule has 1 aromatic heterocycles. The lowest BCUT2D eigenvalue weighted by molar-refractivity contribution is -0.115. The lowest BCUT2D eigenvalue weighted by atomic mass is 10.3. The molecule has 2 amide bonds. The molecule has 116 valence electrons. The fourth-order valence-electron chi connectivity index (χ4n) is 1.73. The zero-order chi connectivity index (χ0) is 16.1. The van der Waals surface area contributed by atoms with Gasteiger partial charge in [-0.3, -0.25) is 9.59 Å². The number of nitrogens with zero attached hydrogens (tertiary/aromatic N) is 1. The highest BCUT2D eigenvalue weighted by Gasteiger charge is 2.16. The number of aromatic nitrogens is 1. The Morgan fingerprint density at radius 3 is 2.45 bits per heavy atom. The zero-order valence-corrected chi connectivity index (χ0v) is 13.4. The minimum absolute atomic E-state index is 0.115.